The molecule has 7 heteroatoms. The first-order valence-electron chi connectivity index (χ1n) is 5.56. The average molecular weight is 256 g/mol. The molecular weight excluding hydrogens is 240 g/mol. The highest BCUT2D eigenvalue weighted by molar-refractivity contribution is 5.86. The molecule has 0 aromatic rings. The molecule has 0 aromatic carbocycles. The van der Waals surface area contributed by atoms with Crippen molar-refractivity contribution in [2.24, 2.45) is 0 Å². The number of carboxylic acids is 2. The molecule has 1 aliphatic rings. The lowest BCUT2D eigenvalue weighted by Crippen LogP contribution is -2.50. The quantitative estimate of drug-likeness (QED) is 0.626. The molecule has 7 nitrogen and oxygen atoms in total. The fourth-order valence-corrected chi connectivity index (χ4v) is 1.70. The number of carboxylic acid groups (broad SMARTS) is 2. The van der Waals surface area contributed by atoms with Crippen LogP contribution in [0.2, 0.25) is 0 Å². The third kappa shape index (κ3) is 4.08. The second-order valence-corrected chi connectivity index (χ2v) is 4.20. The van der Waals surface area contributed by atoms with Crippen molar-refractivity contribution < 1.29 is 24.6 Å². The molecule has 1 aliphatic heterocycles. The molecule has 1 unspecified atom stereocenters. The van der Waals surface area contributed by atoms with Crippen LogP contribution >= 0.6 is 0 Å². The molecule has 0 saturated heterocycles. The third-order valence-corrected chi connectivity index (χ3v) is 2.59. The van der Waals surface area contributed by atoms with Crippen LogP contribution in [-0.2, 0) is 9.59 Å². The fraction of sp³-hybridized carbons (Fsp3) is 0.545. The van der Waals surface area contributed by atoms with Crippen molar-refractivity contribution in [1.29, 1.82) is 0 Å². The maximum atomic E-state index is 11.8. The van der Waals surface area contributed by atoms with Crippen LogP contribution in [0.1, 0.15) is 19.8 Å². The molecule has 0 bridgehead atoms. The van der Waals surface area contributed by atoms with Gasteiger partial charge in [0.2, 0.25) is 0 Å². The molecule has 1 atom stereocenters. The van der Waals surface area contributed by atoms with Gasteiger partial charge in [0.1, 0.15) is 6.04 Å². The third-order valence-electron chi connectivity index (χ3n) is 2.59. The van der Waals surface area contributed by atoms with Crippen molar-refractivity contribution in [3.8, 4) is 0 Å². The molecule has 0 aliphatic carbocycles. The van der Waals surface area contributed by atoms with Gasteiger partial charge in [-0.2, -0.15) is 0 Å². The molecule has 0 aromatic heterocycles. The van der Waals surface area contributed by atoms with Gasteiger partial charge in [-0.25, -0.2) is 9.59 Å². The van der Waals surface area contributed by atoms with E-state index in [4.69, 9.17) is 10.2 Å². The van der Waals surface area contributed by atoms with Gasteiger partial charge in [0, 0.05) is 13.1 Å². The van der Waals surface area contributed by atoms with Crippen LogP contribution in [0.5, 0.6) is 0 Å². The number of hydrogen-bond acceptors (Lipinski definition) is 3. The van der Waals surface area contributed by atoms with E-state index in [1.165, 1.54) is 4.90 Å². The van der Waals surface area contributed by atoms with E-state index >= 15 is 0 Å². The average Bonchev–Trinajstić information content (AvgIpc) is 2.27. The lowest BCUT2D eigenvalue weighted by atomic mass is 10.1. The monoisotopic (exact) mass is 256 g/mol. The van der Waals surface area contributed by atoms with E-state index in [0.717, 1.165) is 12.0 Å². The van der Waals surface area contributed by atoms with E-state index in [1.807, 2.05) is 13.0 Å². The molecule has 18 heavy (non-hydrogen) atoms. The number of hydrogen-bond donors (Lipinski definition) is 3. The second kappa shape index (κ2) is 6.04. The molecular formula is C11H16N2O5. The summed E-state index contributed by atoms with van der Waals surface area (Å²) in [5.74, 6) is -2.62. The Labute approximate surface area is 104 Å². The second-order valence-electron chi connectivity index (χ2n) is 4.20. The van der Waals surface area contributed by atoms with Crippen molar-refractivity contribution in [3.63, 3.8) is 0 Å². The van der Waals surface area contributed by atoms with Crippen LogP contribution in [0.15, 0.2) is 11.6 Å². The fourth-order valence-electron chi connectivity index (χ4n) is 1.70. The predicted octanol–water partition coefficient (Wildman–Crippen LogP) is 0.276. The van der Waals surface area contributed by atoms with Gasteiger partial charge >= 0.3 is 18.0 Å². The largest absolute Gasteiger partial charge is 0.481 e. The molecule has 1 rings (SSSR count). The maximum Gasteiger partial charge on any atom is 0.326 e. The van der Waals surface area contributed by atoms with Crippen molar-refractivity contribution in [2.45, 2.75) is 25.8 Å². The number of nitrogens with zero attached hydrogens (tertiary/aromatic N) is 1. The highest BCUT2D eigenvalue weighted by Gasteiger charge is 2.26. The standard InChI is InChI=1S/C11H16N2O5/c1-7-3-2-4-13(6-7)11(18)12-8(10(16)17)5-9(14)15/h3,8H,2,4-6H2,1H3,(H,12,18)(H,14,15)(H,16,17). The highest BCUT2D eigenvalue weighted by Crippen LogP contribution is 2.09. The zero-order chi connectivity index (χ0) is 13.7. The maximum absolute atomic E-state index is 11.8. The lowest BCUT2D eigenvalue weighted by molar-refractivity contribution is -0.145. The first-order chi connectivity index (χ1) is 8.40. The predicted molar refractivity (Wildman–Crippen MR) is 62.2 cm³/mol. The zero-order valence-electron chi connectivity index (χ0n) is 10.0. The summed E-state index contributed by atoms with van der Waals surface area (Å²) >= 11 is 0. The number of carbonyl (C=O) groups is 3. The van der Waals surface area contributed by atoms with Crippen molar-refractivity contribution >= 4 is 18.0 Å². The van der Waals surface area contributed by atoms with Crippen molar-refractivity contribution in [2.75, 3.05) is 13.1 Å². The van der Waals surface area contributed by atoms with E-state index in [1.54, 1.807) is 0 Å². The summed E-state index contributed by atoms with van der Waals surface area (Å²) in [6, 6.07) is -1.95. The van der Waals surface area contributed by atoms with Crippen LogP contribution in [0, 0.1) is 0 Å². The molecule has 0 spiro atoms. The summed E-state index contributed by atoms with van der Waals surface area (Å²) in [5, 5.41) is 19.6. The number of carbonyl (C=O) groups excluding carboxylic acids is 1. The van der Waals surface area contributed by atoms with Gasteiger partial charge in [-0.3, -0.25) is 4.79 Å². The van der Waals surface area contributed by atoms with Crippen LogP contribution in [-0.4, -0.2) is 52.2 Å². The van der Waals surface area contributed by atoms with E-state index in [2.05, 4.69) is 5.32 Å². The van der Waals surface area contributed by atoms with E-state index in [0.29, 0.717) is 13.1 Å². The number of rotatable bonds is 4. The van der Waals surface area contributed by atoms with Crippen LogP contribution in [0.25, 0.3) is 0 Å². The van der Waals surface area contributed by atoms with Crippen LogP contribution in [0.3, 0.4) is 0 Å². The Morgan fingerprint density at radius 3 is 2.61 bits per heavy atom. The molecule has 3 N–H and O–H groups in total. The smallest absolute Gasteiger partial charge is 0.326 e. The number of aliphatic carboxylic acids is 2. The Bertz CT molecular complexity index is 391. The van der Waals surface area contributed by atoms with Gasteiger partial charge in [0.25, 0.3) is 0 Å². The summed E-state index contributed by atoms with van der Waals surface area (Å²) in [6.45, 7) is 2.82. The van der Waals surface area contributed by atoms with E-state index in [9.17, 15) is 14.4 Å². The summed E-state index contributed by atoms with van der Waals surface area (Å²) in [4.78, 5) is 34.5. The SMILES string of the molecule is CC1=CCCN(C(=O)NC(CC(=O)O)C(=O)O)C1. The number of amides is 2. The Morgan fingerprint density at radius 1 is 1.44 bits per heavy atom. The molecule has 0 saturated carbocycles. The molecule has 2 amide bonds. The van der Waals surface area contributed by atoms with Crippen molar-refractivity contribution in [1.82, 2.24) is 10.2 Å². The van der Waals surface area contributed by atoms with Gasteiger partial charge in [-0.1, -0.05) is 11.6 Å². The zero-order valence-corrected chi connectivity index (χ0v) is 10.0. The first-order valence-corrected chi connectivity index (χ1v) is 5.56. The topological polar surface area (TPSA) is 107 Å². The lowest BCUT2D eigenvalue weighted by Gasteiger charge is -2.27. The summed E-state index contributed by atoms with van der Waals surface area (Å²) in [6.07, 6.45) is 2.09. The van der Waals surface area contributed by atoms with Gasteiger partial charge < -0.3 is 20.4 Å². The molecule has 0 radical (unpaired) electrons. The minimum atomic E-state index is -1.40. The Balaban J connectivity index is 2.58. The van der Waals surface area contributed by atoms with Crippen LogP contribution < -0.4 is 5.32 Å². The Morgan fingerprint density at radius 2 is 2.11 bits per heavy atom. The minimum absolute atomic E-state index is 0.436. The first kappa shape index (κ1) is 14.0. The summed E-state index contributed by atoms with van der Waals surface area (Å²) in [5.41, 5.74) is 1.03. The van der Waals surface area contributed by atoms with Gasteiger partial charge in [0.15, 0.2) is 0 Å². The van der Waals surface area contributed by atoms with Gasteiger partial charge in [0.05, 0.1) is 6.42 Å². The van der Waals surface area contributed by atoms with Gasteiger partial charge in [-0.05, 0) is 13.3 Å². The molecule has 100 valence electrons. The Hall–Kier alpha value is -2.05. The highest BCUT2D eigenvalue weighted by atomic mass is 16.4. The molecule has 1 heterocycles. The summed E-state index contributed by atoms with van der Waals surface area (Å²) < 4.78 is 0. The van der Waals surface area contributed by atoms with Crippen molar-refractivity contribution in [3.05, 3.63) is 11.6 Å². The minimum Gasteiger partial charge on any atom is -0.481 e. The van der Waals surface area contributed by atoms with E-state index in [-0.39, 0.29) is 0 Å². The summed E-state index contributed by atoms with van der Waals surface area (Å²) in [7, 11) is 0. The van der Waals surface area contributed by atoms with Gasteiger partial charge in [-0.15, -0.1) is 0 Å². The van der Waals surface area contributed by atoms with E-state index < -0.39 is 30.4 Å². The number of nitrogens with one attached hydrogen (secondary N) is 1. The Kier molecular flexibility index (Phi) is 4.70. The normalized spacial score (nSPS) is 16.7. The van der Waals surface area contributed by atoms with Crippen LogP contribution in [0.4, 0.5) is 4.79 Å². The number of urea groups is 1. The molecule has 0 fully saturated rings.